The van der Waals surface area contributed by atoms with Crippen LogP contribution in [0.2, 0.25) is 0 Å². The van der Waals surface area contributed by atoms with Gasteiger partial charge in [-0.2, -0.15) is 0 Å². The van der Waals surface area contributed by atoms with E-state index in [0.29, 0.717) is 17.7 Å². The summed E-state index contributed by atoms with van der Waals surface area (Å²) in [6, 6.07) is 8.49. The highest BCUT2D eigenvalue weighted by atomic mass is 32.2. The number of para-hydroxylation sites is 2. The van der Waals surface area contributed by atoms with Crippen molar-refractivity contribution in [3.05, 3.63) is 40.3 Å². The number of fused-ring (bicyclic) bond motifs is 1. The van der Waals surface area contributed by atoms with Gasteiger partial charge in [0.25, 0.3) is 0 Å². The fourth-order valence-corrected chi connectivity index (χ4v) is 6.30. The van der Waals surface area contributed by atoms with Gasteiger partial charge >= 0.3 is 0 Å². The number of carbonyl (C=O) groups excluding carboxylic acids is 1. The van der Waals surface area contributed by atoms with Crippen molar-refractivity contribution in [3.8, 4) is 0 Å². The Hall–Kier alpha value is -1.86. The van der Waals surface area contributed by atoms with Gasteiger partial charge in [-0.1, -0.05) is 44.7 Å². The van der Waals surface area contributed by atoms with Gasteiger partial charge in [-0.25, -0.2) is 9.97 Å². The predicted molar refractivity (Wildman–Crippen MR) is 130 cm³/mol. The van der Waals surface area contributed by atoms with Crippen LogP contribution in [-0.2, 0) is 10.2 Å². The SMILES string of the molecule is CC(C)n1c(SCC(=O)N2CCC(c3nc(C(C)(C)C)cs3)CC2)nc2ccccc21. The van der Waals surface area contributed by atoms with E-state index in [1.54, 1.807) is 23.1 Å². The lowest BCUT2D eigenvalue weighted by Crippen LogP contribution is -2.39. The van der Waals surface area contributed by atoms with Crippen molar-refractivity contribution in [1.82, 2.24) is 19.4 Å². The minimum Gasteiger partial charge on any atom is -0.342 e. The topological polar surface area (TPSA) is 51.0 Å². The molecular formula is C24H32N4OS2. The Kier molecular flexibility index (Phi) is 6.44. The normalized spacial score (nSPS) is 15.9. The Labute approximate surface area is 193 Å². The van der Waals surface area contributed by atoms with Gasteiger partial charge in [0.15, 0.2) is 5.16 Å². The highest BCUT2D eigenvalue weighted by Gasteiger charge is 2.27. The van der Waals surface area contributed by atoms with E-state index in [9.17, 15) is 4.79 Å². The molecule has 4 rings (SSSR count). The van der Waals surface area contributed by atoms with Gasteiger partial charge < -0.3 is 9.47 Å². The number of hydrogen-bond donors (Lipinski definition) is 0. The van der Waals surface area contributed by atoms with Crippen LogP contribution in [0.5, 0.6) is 0 Å². The van der Waals surface area contributed by atoms with E-state index in [0.717, 1.165) is 42.1 Å². The Morgan fingerprint density at radius 2 is 1.90 bits per heavy atom. The first-order chi connectivity index (χ1) is 14.7. The fourth-order valence-electron chi connectivity index (χ4n) is 4.04. The first kappa shape index (κ1) is 22.3. The lowest BCUT2D eigenvalue weighted by molar-refractivity contribution is -0.129. The van der Waals surface area contributed by atoms with E-state index < -0.39 is 0 Å². The zero-order valence-corrected chi connectivity index (χ0v) is 20.7. The number of thioether (sulfide) groups is 1. The molecule has 1 aliphatic heterocycles. The van der Waals surface area contributed by atoms with Crippen molar-refractivity contribution >= 4 is 40.0 Å². The summed E-state index contributed by atoms with van der Waals surface area (Å²) in [6.07, 6.45) is 2.00. The van der Waals surface area contributed by atoms with E-state index in [-0.39, 0.29) is 11.3 Å². The fraction of sp³-hybridized carbons (Fsp3) is 0.542. The maximum absolute atomic E-state index is 12.9. The average Bonchev–Trinajstić information content (AvgIpc) is 3.37. The summed E-state index contributed by atoms with van der Waals surface area (Å²) in [6.45, 7) is 12.6. The number of thiazole rings is 1. The van der Waals surface area contributed by atoms with Crippen LogP contribution in [0.1, 0.15) is 70.1 Å². The predicted octanol–water partition coefficient (Wildman–Crippen LogP) is 5.87. The molecule has 0 bridgehead atoms. The van der Waals surface area contributed by atoms with Crippen molar-refractivity contribution in [1.29, 1.82) is 0 Å². The molecule has 0 unspecified atom stereocenters. The van der Waals surface area contributed by atoms with Crippen LogP contribution in [0.15, 0.2) is 34.8 Å². The molecule has 7 heteroatoms. The number of benzene rings is 1. The third-order valence-electron chi connectivity index (χ3n) is 5.89. The van der Waals surface area contributed by atoms with Crippen LogP contribution in [-0.4, -0.2) is 44.2 Å². The Morgan fingerprint density at radius 1 is 1.19 bits per heavy atom. The number of rotatable bonds is 5. The monoisotopic (exact) mass is 456 g/mol. The van der Waals surface area contributed by atoms with E-state index >= 15 is 0 Å². The maximum Gasteiger partial charge on any atom is 0.233 e. The van der Waals surface area contributed by atoms with Crippen LogP contribution in [0.4, 0.5) is 0 Å². The number of hydrogen-bond acceptors (Lipinski definition) is 5. The molecule has 3 heterocycles. The van der Waals surface area contributed by atoms with Crippen LogP contribution in [0.25, 0.3) is 11.0 Å². The number of likely N-dealkylation sites (tertiary alicyclic amines) is 1. The molecule has 0 aliphatic carbocycles. The van der Waals surface area contributed by atoms with Crippen molar-refractivity contribution in [2.24, 2.45) is 0 Å². The van der Waals surface area contributed by atoms with Gasteiger partial charge in [0, 0.05) is 35.8 Å². The highest BCUT2D eigenvalue weighted by molar-refractivity contribution is 7.99. The molecule has 0 N–H and O–H groups in total. The summed E-state index contributed by atoms with van der Waals surface area (Å²) in [5, 5.41) is 4.36. The number of aromatic nitrogens is 3. The van der Waals surface area contributed by atoms with Crippen LogP contribution >= 0.6 is 23.1 Å². The summed E-state index contributed by atoms with van der Waals surface area (Å²) >= 11 is 3.33. The second-order valence-electron chi connectivity index (χ2n) is 9.61. The van der Waals surface area contributed by atoms with Gasteiger partial charge in [0.2, 0.25) is 5.91 Å². The summed E-state index contributed by atoms with van der Waals surface area (Å²) in [7, 11) is 0. The number of amides is 1. The van der Waals surface area contributed by atoms with E-state index in [1.165, 1.54) is 10.7 Å². The molecule has 1 fully saturated rings. The number of piperidine rings is 1. The molecule has 166 valence electrons. The standard InChI is InChI=1S/C24H32N4OS2/c1-16(2)28-19-9-7-6-8-18(19)25-23(28)31-15-21(29)27-12-10-17(11-13-27)22-26-20(14-30-22)24(3,4)5/h6-9,14,16-17H,10-13,15H2,1-5H3. The molecule has 0 atom stereocenters. The van der Waals surface area contributed by atoms with Gasteiger partial charge in [0.1, 0.15) is 0 Å². The molecule has 1 aliphatic rings. The molecule has 1 saturated heterocycles. The van der Waals surface area contributed by atoms with Crippen LogP contribution < -0.4 is 0 Å². The summed E-state index contributed by atoms with van der Waals surface area (Å²) in [4.78, 5) is 24.6. The summed E-state index contributed by atoms with van der Waals surface area (Å²) in [5.41, 5.74) is 3.39. The average molecular weight is 457 g/mol. The lowest BCUT2D eigenvalue weighted by Gasteiger charge is -2.31. The number of nitrogens with zero attached hydrogens (tertiary/aromatic N) is 4. The molecular weight excluding hydrogens is 424 g/mol. The molecule has 1 amide bonds. The summed E-state index contributed by atoms with van der Waals surface area (Å²) in [5.74, 6) is 1.12. The Morgan fingerprint density at radius 3 is 2.55 bits per heavy atom. The summed E-state index contributed by atoms with van der Waals surface area (Å²) < 4.78 is 2.23. The minimum absolute atomic E-state index is 0.0924. The molecule has 1 aromatic carbocycles. The second-order valence-corrected chi connectivity index (χ2v) is 11.4. The first-order valence-corrected chi connectivity index (χ1v) is 12.9. The van der Waals surface area contributed by atoms with Crippen molar-refractivity contribution in [2.45, 2.75) is 70.0 Å². The molecule has 3 aromatic rings. The molecule has 0 radical (unpaired) electrons. The molecule has 2 aromatic heterocycles. The Balaban J connectivity index is 1.35. The molecule has 5 nitrogen and oxygen atoms in total. The van der Waals surface area contributed by atoms with Crippen LogP contribution in [0, 0.1) is 0 Å². The second kappa shape index (κ2) is 8.94. The highest BCUT2D eigenvalue weighted by Crippen LogP contribution is 2.34. The van der Waals surface area contributed by atoms with Crippen molar-refractivity contribution in [2.75, 3.05) is 18.8 Å². The van der Waals surface area contributed by atoms with E-state index in [1.807, 2.05) is 23.1 Å². The Bertz CT molecular complexity index is 1060. The zero-order chi connectivity index (χ0) is 22.2. The third-order valence-corrected chi connectivity index (χ3v) is 7.84. The van der Waals surface area contributed by atoms with Crippen molar-refractivity contribution in [3.63, 3.8) is 0 Å². The lowest BCUT2D eigenvalue weighted by atomic mass is 9.93. The van der Waals surface area contributed by atoms with E-state index in [2.05, 4.69) is 50.6 Å². The number of imidazole rings is 1. The van der Waals surface area contributed by atoms with Gasteiger partial charge in [-0.3, -0.25) is 4.79 Å². The molecule has 0 spiro atoms. The minimum atomic E-state index is 0.0924. The van der Waals surface area contributed by atoms with Crippen LogP contribution in [0.3, 0.4) is 0 Å². The molecule has 0 saturated carbocycles. The molecule has 31 heavy (non-hydrogen) atoms. The smallest absolute Gasteiger partial charge is 0.233 e. The van der Waals surface area contributed by atoms with Gasteiger partial charge in [0.05, 0.1) is 27.5 Å². The zero-order valence-electron chi connectivity index (χ0n) is 19.1. The largest absolute Gasteiger partial charge is 0.342 e. The maximum atomic E-state index is 12.9. The van der Waals surface area contributed by atoms with Gasteiger partial charge in [-0.15, -0.1) is 11.3 Å². The van der Waals surface area contributed by atoms with E-state index in [4.69, 9.17) is 9.97 Å². The third kappa shape index (κ3) is 4.82. The quantitative estimate of drug-likeness (QED) is 0.451. The first-order valence-electron chi connectivity index (χ1n) is 11.1. The van der Waals surface area contributed by atoms with Gasteiger partial charge in [-0.05, 0) is 38.8 Å². The number of carbonyl (C=O) groups is 1. The van der Waals surface area contributed by atoms with Crippen molar-refractivity contribution < 1.29 is 4.79 Å².